The van der Waals surface area contributed by atoms with Gasteiger partial charge in [-0.15, -0.1) is 5.10 Å². The van der Waals surface area contributed by atoms with E-state index < -0.39 is 11.6 Å². The maximum Gasteiger partial charge on any atom is 0.233 e. The fraction of sp³-hybridized carbons (Fsp3) is 0.421. The van der Waals surface area contributed by atoms with Crippen molar-refractivity contribution in [2.45, 2.75) is 44.7 Å². The third-order valence-electron chi connectivity index (χ3n) is 5.43. The molecule has 1 aromatic carbocycles. The largest absolute Gasteiger partial charge is 0.441 e. The molecule has 1 amide bonds. The monoisotopic (exact) mass is 400 g/mol. The van der Waals surface area contributed by atoms with Crippen LogP contribution in [0.3, 0.4) is 0 Å². The average Bonchev–Trinajstić information content (AvgIpc) is 3.29. The molecule has 0 spiro atoms. The smallest absolute Gasteiger partial charge is 0.233 e. The molecule has 0 saturated carbocycles. The van der Waals surface area contributed by atoms with E-state index in [0.29, 0.717) is 43.2 Å². The van der Waals surface area contributed by atoms with Crippen LogP contribution in [0.1, 0.15) is 42.5 Å². The van der Waals surface area contributed by atoms with Crippen LogP contribution >= 0.6 is 0 Å². The number of benzene rings is 1. The predicted octanol–water partition coefficient (Wildman–Crippen LogP) is 2.46. The van der Waals surface area contributed by atoms with E-state index in [1.807, 2.05) is 0 Å². The number of aromatic nitrogens is 5. The van der Waals surface area contributed by atoms with Gasteiger partial charge in [0.05, 0.1) is 12.5 Å². The Hall–Kier alpha value is -3.17. The molecule has 0 aliphatic carbocycles. The second-order valence-electron chi connectivity index (χ2n) is 7.37. The number of oxazole rings is 1. The summed E-state index contributed by atoms with van der Waals surface area (Å²) < 4.78 is 34.5. The zero-order valence-electron chi connectivity index (χ0n) is 15.5. The molecule has 0 bridgehead atoms. The summed E-state index contributed by atoms with van der Waals surface area (Å²) in [6.45, 7) is 1.48. The van der Waals surface area contributed by atoms with E-state index in [9.17, 15) is 13.6 Å². The molecular formula is C19H18F2N6O2. The predicted molar refractivity (Wildman–Crippen MR) is 95.4 cm³/mol. The number of carbonyl (C=O) groups is 1. The lowest BCUT2D eigenvalue weighted by molar-refractivity contribution is -0.134. The van der Waals surface area contributed by atoms with Crippen molar-refractivity contribution in [3.63, 3.8) is 0 Å². The van der Waals surface area contributed by atoms with Gasteiger partial charge in [0.25, 0.3) is 0 Å². The third kappa shape index (κ3) is 3.28. The van der Waals surface area contributed by atoms with E-state index in [0.717, 1.165) is 18.9 Å². The Morgan fingerprint density at radius 1 is 1.14 bits per heavy atom. The Balaban J connectivity index is 1.39. The van der Waals surface area contributed by atoms with Crippen molar-refractivity contribution in [1.82, 2.24) is 30.1 Å². The summed E-state index contributed by atoms with van der Waals surface area (Å²) >= 11 is 0. The van der Waals surface area contributed by atoms with Crippen LogP contribution in [-0.4, -0.2) is 42.5 Å². The summed E-state index contributed by atoms with van der Waals surface area (Å²) in [5.74, 6) is -0.402. The number of rotatable bonds is 2. The van der Waals surface area contributed by atoms with Crippen molar-refractivity contribution in [1.29, 1.82) is 0 Å². The number of fused-ring (bicyclic) bond motifs is 2. The molecule has 0 fully saturated rings. The van der Waals surface area contributed by atoms with E-state index in [-0.39, 0.29) is 29.8 Å². The van der Waals surface area contributed by atoms with Gasteiger partial charge >= 0.3 is 0 Å². The first-order chi connectivity index (χ1) is 14.1. The van der Waals surface area contributed by atoms with Crippen LogP contribution in [0.25, 0.3) is 11.5 Å². The molecular weight excluding hydrogens is 382 g/mol. The quantitative estimate of drug-likeness (QED) is 0.656. The van der Waals surface area contributed by atoms with Crippen LogP contribution in [0.5, 0.6) is 0 Å². The standard InChI is InChI=1S/C19H18F2N6O2/c20-12-7-11(8-13(21)9-12)18-22-15-10-26(6-4-16(15)29-18)19(28)14-3-1-2-5-27-17(14)23-24-25-27/h7-9,14H,1-6,10H2. The minimum absolute atomic E-state index is 0.0325. The first kappa shape index (κ1) is 17.9. The normalized spacial score (nSPS) is 18.8. The van der Waals surface area contributed by atoms with Gasteiger partial charge in [-0.1, -0.05) is 6.42 Å². The van der Waals surface area contributed by atoms with Crippen LogP contribution in [-0.2, 0) is 24.3 Å². The summed E-state index contributed by atoms with van der Waals surface area (Å²) in [5.41, 5.74) is 0.843. The Morgan fingerprint density at radius 3 is 2.79 bits per heavy atom. The lowest BCUT2D eigenvalue weighted by Crippen LogP contribution is -2.39. The Morgan fingerprint density at radius 2 is 1.97 bits per heavy atom. The van der Waals surface area contributed by atoms with Crippen molar-refractivity contribution in [2.75, 3.05) is 6.54 Å². The van der Waals surface area contributed by atoms with Gasteiger partial charge in [0.1, 0.15) is 23.1 Å². The van der Waals surface area contributed by atoms with Gasteiger partial charge in [0.15, 0.2) is 5.82 Å². The molecule has 2 aromatic heterocycles. The zero-order chi connectivity index (χ0) is 20.0. The Labute approximate surface area is 164 Å². The highest BCUT2D eigenvalue weighted by Gasteiger charge is 2.34. The topological polar surface area (TPSA) is 89.9 Å². The number of hydrogen-bond donors (Lipinski definition) is 0. The van der Waals surface area contributed by atoms with Crippen molar-refractivity contribution in [3.05, 3.63) is 47.1 Å². The molecule has 0 saturated heterocycles. The van der Waals surface area contributed by atoms with Gasteiger partial charge in [-0.2, -0.15) is 0 Å². The summed E-state index contributed by atoms with van der Waals surface area (Å²) in [5, 5.41) is 11.8. The van der Waals surface area contributed by atoms with Crippen LogP contribution in [0, 0.1) is 11.6 Å². The SMILES string of the molecule is O=C(C1CCCCn2nnnc21)N1CCc2oc(-c3cc(F)cc(F)c3)nc2C1. The number of aryl methyl sites for hydroxylation is 1. The second-order valence-corrected chi connectivity index (χ2v) is 7.37. The molecule has 2 aliphatic heterocycles. The molecule has 5 rings (SSSR count). The molecule has 2 aliphatic rings. The maximum atomic E-state index is 13.5. The third-order valence-corrected chi connectivity index (χ3v) is 5.43. The molecule has 0 N–H and O–H groups in total. The highest BCUT2D eigenvalue weighted by atomic mass is 19.1. The number of hydrogen-bond acceptors (Lipinski definition) is 6. The minimum Gasteiger partial charge on any atom is -0.441 e. The van der Waals surface area contributed by atoms with Gasteiger partial charge in [0.2, 0.25) is 11.8 Å². The van der Waals surface area contributed by atoms with Gasteiger partial charge in [-0.3, -0.25) is 4.79 Å². The molecule has 4 heterocycles. The van der Waals surface area contributed by atoms with Crippen LogP contribution in [0.15, 0.2) is 22.6 Å². The molecule has 150 valence electrons. The lowest BCUT2D eigenvalue weighted by atomic mass is 9.99. The van der Waals surface area contributed by atoms with E-state index in [1.165, 1.54) is 12.1 Å². The van der Waals surface area contributed by atoms with Crippen molar-refractivity contribution in [2.24, 2.45) is 0 Å². The minimum atomic E-state index is -0.695. The van der Waals surface area contributed by atoms with Crippen molar-refractivity contribution < 1.29 is 18.0 Å². The fourth-order valence-electron chi connectivity index (χ4n) is 4.00. The van der Waals surface area contributed by atoms with Gasteiger partial charge < -0.3 is 9.32 Å². The van der Waals surface area contributed by atoms with Crippen LogP contribution in [0.2, 0.25) is 0 Å². The van der Waals surface area contributed by atoms with E-state index in [4.69, 9.17) is 4.42 Å². The maximum absolute atomic E-state index is 13.5. The Kier molecular flexibility index (Phi) is 4.33. The average molecular weight is 400 g/mol. The summed E-state index contributed by atoms with van der Waals surface area (Å²) in [6.07, 6.45) is 3.04. The fourth-order valence-corrected chi connectivity index (χ4v) is 4.00. The molecule has 1 atom stereocenters. The lowest BCUT2D eigenvalue weighted by Gasteiger charge is -2.28. The molecule has 8 nitrogen and oxygen atoms in total. The van der Waals surface area contributed by atoms with Gasteiger partial charge in [-0.05, 0) is 35.4 Å². The molecule has 3 aromatic rings. The number of halogens is 2. The van der Waals surface area contributed by atoms with Crippen LogP contribution in [0.4, 0.5) is 8.78 Å². The first-order valence-corrected chi connectivity index (χ1v) is 9.58. The second kappa shape index (κ2) is 7.02. The first-order valence-electron chi connectivity index (χ1n) is 9.58. The summed E-state index contributed by atoms with van der Waals surface area (Å²) in [7, 11) is 0. The number of tetrazole rings is 1. The highest BCUT2D eigenvalue weighted by molar-refractivity contribution is 5.83. The summed E-state index contributed by atoms with van der Waals surface area (Å²) in [6, 6.07) is 3.15. The zero-order valence-corrected chi connectivity index (χ0v) is 15.5. The number of carbonyl (C=O) groups excluding carboxylic acids is 1. The van der Waals surface area contributed by atoms with Crippen molar-refractivity contribution in [3.8, 4) is 11.5 Å². The number of amides is 1. The molecule has 29 heavy (non-hydrogen) atoms. The molecule has 1 unspecified atom stereocenters. The van der Waals surface area contributed by atoms with Gasteiger partial charge in [0, 0.05) is 31.1 Å². The van der Waals surface area contributed by atoms with Crippen molar-refractivity contribution >= 4 is 5.91 Å². The summed E-state index contributed by atoms with van der Waals surface area (Å²) in [4.78, 5) is 19.3. The van der Waals surface area contributed by atoms with E-state index in [1.54, 1.807) is 9.58 Å². The van der Waals surface area contributed by atoms with E-state index in [2.05, 4.69) is 20.5 Å². The highest BCUT2D eigenvalue weighted by Crippen LogP contribution is 2.31. The molecule has 0 radical (unpaired) electrons. The number of nitrogens with zero attached hydrogens (tertiary/aromatic N) is 6. The van der Waals surface area contributed by atoms with E-state index >= 15 is 0 Å². The molecule has 10 heteroatoms. The van der Waals surface area contributed by atoms with Gasteiger partial charge in [-0.25, -0.2) is 18.4 Å². The Bertz CT molecular complexity index is 1060. The van der Waals surface area contributed by atoms with Crippen LogP contribution < -0.4 is 0 Å².